The van der Waals surface area contributed by atoms with E-state index in [1.807, 2.05) is 0 Å². The van der Waals surface area contributed by atoms with Gasteiger partial charge in [-0.3, -0.25) is 4.99 Å². The predicted molar refractivity (Wildman–Crippen MR) is 95.6 cm³/mol. The van der Waals surface area contributed by atoms with Gasteiger partial charge in [-0.25, -0.2) is 8.42 Å². The summed E-state index contributed by atoms with van der Waals surface area (Å²) in [6.07, 6.45) is 0.732. The SMILES string of the molecule is CC(C)NC(=NCC1CCS(=O)(=O)C1)NC(C)(C)C.I. The summed E-state index contributed by atoms with van der Waals surface area (Å²) in [5.74, 6) is 1.51. The van der Waals surface area contributed by atoms with Crippen molar-refractivity contribution >= 4 is 39.8 Å². The van der Waals surface area contributed by atoms with E-state index in [9.17, 15) is 8.42 Å². The highest BCUT2D eigenvalue weighted by atomic mass is 127. The lowest BCUT2D eigenvalue weighted by atomic mass is 10.1. The van der Waals surface area contributed by atoms with Crippen LogP contribution in [-0.2, 0) is 9.84 Å². The second-order valence-electron chi connectivity index (χ2n) is 6.63. The van der Waals surface area contributed by atoms with Gasteiger partial charge in [-0.1, -0.05) is 0 Å². The molecule has 0 aromatic heterocycles. The van der Waals surface area contributed by atoms with Crippen LogP contribution in [0.15, 0.2) is 4.99 Å². The number of nitrogens with one attached hydrogen (secondary N) is 2. The van der Waals surface area contributed by atoms with E-state index < -0.39 is 9.84 Å². The van der Waals surface area contributed by atoms with Gasteiger partial charge in [0.2, 0.25) is 0 Å². The van der Waals surface area contributed by atoms with Gasteiger partial charge in [0.1, 0.15) is 0 Å². The molecule has 1 rings (SSSR count). The summed E-state index contributed by atoms with van der Waals surface area (Å²) >= 11 is 0. The molecule has 2 N–H and O–H groups in total. The average molecular weight is 417 g/mol. The normalized spacial score (nSPS) is 22.5. The standard InChI is InChI=1S/C13H27N3O2S.HI/c1-10(2)15-12(16-13(3,4)5)14-8-11-6-7-19(17,18)9-11;/h10-11H,6-9H2,1-5H3,(H2,14,15,16);1H. The van der Waals surface area contributed by atoms with E-state index in [2.05, 4.69) is 50.2 Å². The number of sulfone groups is 1. The van der Waals surface area contributed by atoms with Crippen molar-refractivity contribution in [1.82, 2.24) is 10.6 Å². The highest BCUT2D eigenvalue weighted by molar-refractivity contribution is 14.0. The summed E-state index contributed by atoms with van der Waals surface area (Å²) in [5.41, 5.74) is -0.0670. The molecule has 0 amide bonds. The highest BCUT2D eigenvalue weighted by Crippen LogP contribution is 2.18. The van der Waals surface area contributed by atoms with Gasteiger partial charge in [-0.2, -0.15) is 0 Å². The molecule has 1 aliphatic heterocycles. The molecule has 1 heterocycles. The Balaban J connectivity index is 0.00000361. The van der Waals surface area contributed by atoms with Gasteiger partial charge in [-0.15, -0.1) is 24.0 Å². The predicted octanol–water partition coefficient (Wildman–Crippen LogP) is 1.78. The Labute approximate surface area is 140 Å². The molecular weight excluding hydrogens is 389 g/mol. The molecule has 0 spiro atoms. The molecule has 1 fully saturated rings. The summed E-state index contributed by atoms with van der Waals surface area (Å²) in [5, 5.41) is 6.59. The fourth-order valence-corrected chi connectivity index (χ4v) is 3.84. The number of nitrogens with zero attached hydrogens (tertiary/aromatic N) is 1. The molecule has 1 atom stereocenters. The van der Waals surface area contributed by atoms with Crippen molar-refractivity contribution in [3.63, 3.8) is 0 Å². The molecule has 0 saturated carbocycles. The van der Waals surface area contributed by atoms with Gasteiger partial charge >= 0.3 is 0 Å². The van der Waals surface area contributed by atoms with Crippen LogP contribution in [0, 0.1) is 5.92 Å². The maximum atomic E-state index is 11.4. The molecule has 0 aromatic rings. The molecule has 1 saturated heterocycles. The fraction of sp³-hybridized carbons (Fsp3) is 0.923. The number of hydrogen-bond acceptors (Lipinski definition) is 3. The number of rotatable bonds is 3. The number of halogens is 1. The van der Waals surface area contributed by atoms with Crippen molar-refractivity contribution < 1.29 is 8.42 Å². The molecule has 120 valence electrons. The van der Waals surface area contributed by atoms with Crippen LogP contribution in [0.4, 0.5) is 0 Å². The number of guanidine groups is 1. The minimum Gasteiger partial charge on any atom is -0.354 e. The van der Waals surface area contributed by atoms with E-state index in [0.29, 0.717) is 18.3 Å². The Morgan fingerprint density at radius 2 is 1.95 bits per heavy atom. The number of hydrogen-bond donors (Lipinski definition) is 2. The van der Waals surface area contributed by atoms with Crippen molar-refractivity contribution in [1.29, 1.82) is 0 Å². The van der Waals surface area contributed by atoms with Gasteiger partial charge in [0.05, 0.1) is 11.5 Å². The molecule has 0 bridgehead atoms. The van der Waals surface area contributed by atoms with Crippen LogP contribution in [-0.4, -0.2) is 44.0 Å². The van der Waals surface area contributed by atoms with E-state index in [1.54, 1.807) is 0 Å². The molecule has 1 aliphatic rings. The van der Waals surface area contributed by atoms with Crippen LogP contribution < -0.4 is 10.6 Å². The summed E-state index contributed by atoms with van der Waals surface area (Å²) in [6, 6.07) is 0.293. The lowest BCUT2D eigenvalue weighted by molar-refractivity contribution is 0.493. The summed E-state index contributed by atoms with van der Waals surface area (Å²) in [6.45, 7) is 10.9. The molecule has 0 aliphatic carbocycles. The Bertz CT molecular complexity index is 427. The maximum absolute atomic E-state index is 11.4. The van der Waals surface area contributed by atoms with E-state index in [0.717, 1.165) is 12.4 Å². The first-order chi connectivity index (χ1) is 8.57. The minimum absolute atomic E-state index is 0. The first-order valence-corrected chi connectivity index (χ1v) is 8.69. The van der Waals surface area contributed by atoms with Crippen LogP contribution in [0.1, 0.15) is 41.0 Å². The largest absolute Gasteiger partial charge is 0.354 e. The maximum Gasteiger partial charge on any atom is 0.191 e. The molecule has 20 heavy (non-hydrogen) atoms. The van der Waals surface area contributed by atoms with Crippen molar-refractivity contribution in [3.05, 3.63) is 0 Å². The quantitative estimate of drug-likeness (QED) is 0.417. The molecule has 5 nitrogen and oxygen atoms in total. The molecule has 0 radical (unpaired) electrons. The van der Waals surface area contributed by atoms with Crippen molar-refractivity contribution in [2.24, 2.45) is 10.9 Å². The fourth-order valence-electron chi connectivity index (χ4n) is 1.99. The topological polar surface area (TPSA) is 70.6 Å². The molecular formula is C13H28IN3O2S. The van der Waals surface area contributed by atoms with E-state index in [4.69, 9.17) is 0 Å². The van der Waals surface area contributed by atoms with Crippen LogP contribution in [0.25, 0.3) is 0 Å². The van der Waals surface area contributed by atoms with Crippen LogP contribution >= 0.6 is 24.0 Å². The average Bonchev–Trinajstić information content (AvgIpc) is 2.51. The minimum atomic E-state index is -2.81. The van der Waals surface area contributed by atoms with Crippen molar-refractivity contribution in [3.8, 4) is 0 Å². The van der Waals surface area contributed by atoms with Gasteiger partial charge in [0, 0.05) is 18.1 Å². The lowest BCUT2D eigenvalue weighted by Crippen LogP contribution is -2.49. The highest BCUT2D eigenvalue weighted by Gasteiger charge is 2.27. The van der Waals surface area contributed by atoms with Gasteiger partial charge in [0.15, 0.2) is 15.8 Å². The Hall–Kier alpha value is -0.0500. The lowest BCUT2D eigenvalue weighted by Gasteiger charge is -2.25. The molecule has 7 heteroatoms. The second-order valence-corrected chi connectivity index (χ2v) is 8.86. The summed E-state index contributed by atoms with van der Waals surface area (Å²) in [4.78, 5) is 4.53. The third-order valence-electron chi connectivity index (χ3n) is 2.75. The van der Waals surface area contributed by atoms with E-state index in [-0.39, 0.29) is 41.2 Å². The Morgan fingerprint density at radius 3 is 2.35 bits per heavy atom. The zero-order valence-corrected chi connectivity index (χ0v) is 16.2. The second kappa shape index (κ2) is 7.82. The Morgan fingerprint density at radius 1 is 1.35 bits per heavy atom. The van der Waals surface area contributed by atoms with Crippen molar-refractivity contribution in [2.45, 2.75) is 52.6 Å². The van der Waals surface area contributed by atoms with E-state index >= 15 is 0 Å². The van der Waals surface area contributed by atoms with Crippen LogP contribution in [0.2, 0.25) is 0 Å². The van der Waals surface area contributed by atoms with Gasteiger partial charge in [0.25, 0.3) is 0 Å². The summed E-state index contributed by atoms with van der Waals surface area (Å²) in [7, 11) is -2.81. The van der Waals surface area contributed by atoms with Crippen LogP contribution in [0.3, 0.4) is 0 Å². The van der Waals surface area contributed by atoms with Gasteiger partial charge in [-0.05, 0) is 47.0 Å². The summed E-state index contributed by atoms with van der Waals surface area (Å²) < 4.78 is 22.8. The third-order valence-corrected chi connectivity index (χ3v) is 4.59. The van der Waals surface area contributed by atoms with Crippen molar-refractivity contribution in [2.75, 3.05) is 18.1 Å². The monoisotopic (exact) mass is 417 g/mol. The number of aliphatic imine (C=N–C) groups is 1. The zero-order valence-electron chi connectivity index (χ0n) is 13.1. The first kappa shape index (κ1) is 19.9. The smallest absolute Gasteiger partial charge is 0.191 e. The molecule has 1 unspecified atom stereocenters. The first-order valence-electron chi connectivity index (χ1n) is 6.87. The van der Waals surface area contributed by atoms with Gasteiger partial charge < -0.3 is 10.6 Å². The zero-order chi connectivity index (χ0) is 14.7. The molecule has 0 aromatic carbocycles. The van der Waals surface area contributed by atoms with Crippen LogP contribution in [0.5, 0.6) is 0 Å². The third kappa shape index (κ3) is 8.28. The Kier molecular flexibility index (Phi) is 7.80. The van der Waals surface area contributed by atoms with E-state index in [1.165, 1.54) is 0 Å².